The van der Waals surface area contributed by atoms with E-state index in [9.17, 15) is 9.90 Å². The monoisotopic (exact) mass is 345 g/mol. The summed E-state index contributed by atoms with van der Waals surface area (Å²) in [5.74, 6) is 0.817. The van der Waals surface area contributed by atoms with E-state index < -0.39 is 5.60 Å². The summed E-state index contributed by atoms with van der Waals surface area (Å²) >= 11 is 0. The third-order valence-electron chi connectivity index (χ3n) is 3.78. The second-order valence-electron chi connectivity index (χ2n) is 7.95. The van der Waals surface area contributed by atoms with E-state index in [1.165, 1.54) is 0 Å². The molecule has 6 nitrogen and oxygen atoms in total. The molecule has 2 aromatic rings. The Labute approximate surface area is 148 Å². The normalized spacial score (nSPS) is 12.2. The first kappa shape index (κ1) is 19.1. The number of rotatable bonds is 6. The molecule has 0 aliphatic heterocycles. The largest absolute Gasteiger partial charge is 0.390 e. The van der Waals surface area contributed by atoms with E-state index in [4.69, 9.17) is 4.52 Å². The molecule has 0 fully saturated rings. The minimum Gasteiger partial charge on any atom is -0.390 e. The van der Waals surface area contributed by atoms with Crippen molar-refractivity contribution in [2.75, 3.05) is 0 Å². The highest BCUT2D eigenvalue weighted by Gasteiger charge is 2.21. The van der Waals surface area contributed by atoms with Gasteiger partial charge in [0.15, 0.2) is 5.82 Å². The summed E-state index contributed by atoms with van der Waals surface area (Å²) in [5.41, 5.74) is 0.782. The molecule has 0 aliphatic carbocycles. The molecule has 0 atom stereocenters. The van der Waals surface area contributed by atoms with Crippen molar-refractivity contribution in [1.29, 1.82) is 0 Å². The molecule has 0 spiro atoms. The maximum Gasteiger partial charge on any atom is 0.251 e. The van der Waals surface area contributed by atoms with Crippen molar-refractivity contribution in [3.63, 3.8) is 0 Å². The summed E-state index contributed by atoms with van der Waals surface area (Å²) in [7, 11) is 0. The van der Waals surface area contributed by atoms with Crippen LogP contribution in [-0.4, -0.2) is 26.8 Å². The molecule has 0 saturated heterocycles. The number of aryl methyl sites for hydroxylation is 1. The maximum atomic E-state index is 12.2. The van der Waals surface area contributed by atoms with E-state index in [1.54, 1.807) is 26.0 Å². The van der Waals surface area contributed by atoms with Crippen LogP contribution in [0.25, 0.3) is 0 Å². The lowest BCUT2D eigenvalue weighted by Crippen LogP contribution is -2.23. The number of hydrogen-bond donors (Lipinski definition) is 2. The third-order valence-corrected chi connectivity index (χ3v) is 3.78. The van der Waals surface area contributed by atoms with Gasteiger partial charge in [-0.1, -0.05) is 38.1 Å². The Morgan fingerprint density at radius 2 is 1.80 bits per heavy atom. The number of aliphatic hydroxyl groups is 1. The van der Waals surface area contributed by atoms with Crippen molar-refractivity contribution in [2.45, 2.75) is 65.0 Å². The van der Waals surface area contributed by atoms with E-state index in [-0.39, 0.29) is 17.9 Å². The number of nitrogens with one attached hydrogen (secondary N) is 1. The van der Waals surface area contributed by atoms with Gasteiger partial charge >= 0.3 is 0 Å². The van der Waals surface area contributed by atoms with Gasteiger partial charge in [0, 0.05) is 11.0 Å². The standard InChI is InChI=1S/C19H27N3O3/c1-18(2,3)17-21-15(25-22-17)12-20-16(23)14-8-6-13(7-9-14)10-11-19(4,5)24/h6-9,24H,10-12H2,1-5H3,(H,20,23). The van der Waals surface area contributed by atoms with E-state index >= 15 is 0 Å². The van der Waals surface area contributed by atoms with Gasteiger partial charge in [-0.15, -0.1) is 0 Å². The Morgan fingerprint density at radius 3 is 2.32 bits per heavy atom. The summed E-state index contributed by atoms with van der Waals surface area (Å²) in [6.07, 6.45) is 1.44. The van der Waals surface area contributed by atoms with E-state index in [2.05, 4.69) is 15.5 Å². The highest BCUT2D eigenvalue weighted by molar-refractivity contribution is 5.94. The molecule has 0 unspecified atom stereocenters. The predicted octanol–water partition coefficient (Wildman–Crippen LogP) is 3.00. The Morgan fingerprint density at radius 1 is 1.16 bits per heavy atom. The Kier molecular flexibility index (Phi) is 5.62. The minimum atomic E-state index is -0.688. The molecule has 1 aromatic heterocycles. The van der Waals surface area contributed by atoms with Gasteiger partial charge in [0.2, 0.25) is 5.89 Å². The van der Waals surface area contributed by atoms with Crippen LogP contribution in [0.5, 0.6) is 0 Å². The number of carbonyl (C=O) groups excluding carboxylic acids is 1. The predicted molar refractivity (Wildman–Crippen MR) is 95.2 cm³/mol. The SMILES string of the molecule is CC(C)(O)CCc1ccc(C(=O)NCc2nc(C(C)(C)C)no2)cc1. The van der Waals surface area contributed by atoms with Gasteiger partial charge < -0.3 is 14.9 Å². The van der Waals surface area contributed by atoms with Crippen LogP contribution < -0.4 is 5.32 Å². The first-order chi connectivity index (χ1) is 11.5. The molecule has 6 heteroatoms. The first-order valence-electron chi connectivity index (χ1n) is 8.47. The molecule has 0 saturated carbocycles. The Balaban J connectivity index is 1.89. The zero-order valence-corrected chi connectivity index (χ0v) is 15.6. The second kappa shape index (κ2) is 7.35. The van der Waals surface area contributed by atoms with Crippen LogP contribution in [0.1, 0.15) is 68.7 Å². The van der Waals surface area contributed by atoms with Crippen LogP contribution >= 0.6 is 0 Å². The lowest BCUT2D eigenvalue weighted by Gasteiger charge is -2.16. The number of hydrogen-bond acceptors (Lipinski definition) is 5. The fraction of sp³-hybridized carbons (Fsp3) is 0.526. The molecule has 0 bridgehead atoms. The van der Waals surface area contributed by atoms with Gasteiger partial charge in [0.1, 0.15) is 0 Å². The molecule has 1 amide bonds. The van der Waals surface area contributed by atoms with Crippen molar-refractivity contribution in [3.05, 3.63) is 47.1 Å². The topological polar surface area (TPSA) is 88.2 Å². The van der Waals surface area contributed by atoms with Crippen LogP contribution in [-0.2, 0) is 18.4 Å². The third kappa shape index (κ3) is 5.98. The van der Waals surface area contributed by atoms with Crippen molar-refractivity contribution >= 4 is 5.91 Å². The van der Waals surface area contributed by atoms with Gasteiger partial charge in [-0.05, 0) is 44.4 Å². The summed E-state index contributed by atoms with van der Waals surface area (Å²) in [5, 5.41) is 16.5. The van der Waals surface area contributed by atoms with Gasteiger partial charge in [0.25, 0.3) is 5.91 Å². The average molecular weight is 345 g/mol. The van der Waals surface area contributed by atoms with Crippen molar-refractivity contribution in [1.82, 2.24) is 15.5 Å². The van der Waals surface area contributed by atoms with Gasteiger partial charge in [-0.3, -0.25) is 4.79 Å². The number of nitrogens with zero attached hydrogens (tertiary/aromatic N) is 2. The van der Waals surface area contributed by atoms with E-state index in [1.807, 2.05) is 32.9 Å². The van der Waals surface area contributed by atoms with Crippen LogP contribution in [0.4, 0.5) is 0 Å². The van der Waals surface area contributed by atoms with Crippen molar-refractivity contribution < 1.29 is 14.4 Å². The summed E-state index contributed by atoms with van der Waals surface area (Å²) in [6, 6.07) is 7.38. The zero-order chi connectivity index (χ0) is 18.7. The van der Waals surface area contributed by atoms with Gasteiger partial charge in [-0.25, -0.2) is 0 Å². The highest BCUT2D eigenvalue weighted by atomic mass is 16.5. The molecule has 2 N–H and O–H groups in total. The zero-order valence-electron chi connectivity index (χ0n) is 15.6. The summed E-state index contributed by atoms with van der Waals surface area (Å²) in [6.45, 7) is 9.77. The lowest BCUT2D eigenvalue weighted by molar-refractivity contribution is 0.0713. The fourth-order valence-corrected chi connectivity index (χ4v) is 2.16. The number of aromatic nitrogens is 2. The molecule has 2 rings (SSSR count). The highest BCUT2D eigenvalue weighted by Crippen LogP contribution is 2.18. The lowest BCUT2D eigenvalue weighted by atomic mass is 9.96. The molecule has 1 aromatic carbocycles. The molecule has 25 heavy (non-hydrogen) atoms. The summed E-state index contributed by atoms with van der Waals surface area (Å²) < 4.78 is 5.16. The second-order valence-corrected chi connectivity index (χ2v) is 7.95. The van der Waals surface area contributed by atoms with Crippen molar-refractivity contribution in [2.24, 2.45) is 0 Å². The molecule has 0 aliphatic rings. The molecule has 0 radical (unpaired) electrons. The molecular formula is C19H27N3O3. The van der Waals surface area contributed by atoms with Crippen LogP contribution in [0.3, 0.4) is 0 Å². The average Bonchev–Trinajstić information content (AvgIpc) is 2.99. The number of benzene rings is 1. The quantitative estimate of drug-likeness (QED) is 0.840. The van der Waals surface area contributed by atoms with Gasteiger partial charge in [0.05, 0.1) is 12.1 Å². The Bertz CT molecular complexity index is 707. The smallest absolute Gasteiger partial charge is 0.251 e. The maximum absolute atomic E-state index is 12.2. The van der Waals surface area contributed by atoms with Crippen molar-refractivity contribution in [3.8, 4) is 0 Å². The van der Waals surface area contributed by atoms with Crippen LogP contribution in [0.15, 0.2) is 28.8 Å². The molecule has 1 heterocycles. The van der Waals surface area contributed by atoms with Crippen LogP contribution in [0.2, 0.25) is 0 Å². The number of amides is 1. The van der Waals surface area contributed by atoms with Crippen LogP contribution in [0, 0.1) is 0 Å². The van der Waals surface area contributed by atoms with Gasteiger partial charge in [-0.2, -0.15) is 4.98 Å². The molecular weight excluding hydrogens is 318 g/mol. The Hall–Kier alpha value is -2.21. The molecule has 136 valence electrons. The number of carbonyl (C=O) groups is 1. The fourth-order valence-electron chi connectivity index (χ4n) is 2.16. The van der Waals surface area contributed by atoms with E-state index in [0.717, 1.165) is 12.0 Å². The van der Waals surface area contributed by atoms with E-state index in [0.29, 0.717) is 23.7 Å². The minimum absolute atomic E-state index is 0.190. The first-order valence-corrected chi connectivity index (χ1v) is 8.47. The summed E-state index contributed by atoms with van der Waals surface area (Å²) in [4.78, 5) is 16.5.